The number of halogens is 3. The van der Waals surface area contributed by atoms with E-state index >= 15 is 0 Å². The zero-order valence-electron chi connectivity index (χ0n) is 16.6. The molecule has 4 heteroatoms. The van der Waals surface area contributed by atoms with Gasteiger partial charge in [-0.25, -0.2) is 0 Å². The van der Waals surface area contributed by atoms with Crippen LogP contribution in [0, 0.1) is 0 Å². The summed E-state index contributed by atoms with van der Waals surface area (Å²) in [7, 11) is 0. The summed E-state index contributed by atoms with van der Waals surface area (Å²) in [4.78, 5) is 0. The van der Waals surface area contributed by atoms with Crippen molar-refractivity contribution in [3.63, 3.8) is 0 Å². The molecule has 0 radical (unpaired) electrons. The van der Waals surface area contributed by atoms with Crippen molar-refractivity contribution >= 4 is 0 Å². The second kappa shape index (κ2) is 17.6. The van der Waals surface area contributed by atoms with Gasteiger partial charge in [0.15, 0.2) is 0 Å². The van der Waals surface area contributed by atoms with E-state index in [9.17, 15) is 13.2 Å². The summed E-state index contributed by atoms with van der Waals surface area (Å²) in [6.07, 6.45) is 17.7. The lowest BCUT2D eigenvalue weighted by atomic mass is 10.0. The molecule has 1 nitrogen and oxygen atoms in total. The second-order valence-electron chi connectivity index (χ2n) is 7.10. The molecule has 1 N–H and O–H groups in total. The topological polar surface area (TPSA) is 20.2 Å². The Hall–Kier alpha value is -0.770. The maximum atomic E-state index is 12.1. The van der Waals surface area contributed by atoms with E-state index in [4.69, 9.17) is 5.11 Å². The molecule has 0 saturated carbocycles. The number of unbranched alkanes of at least 4 members (excludes halogenated alkanes) is 11. The molecule has 0 aliphatic rings. The Bertz CT molecular complexity index is 348. The summed E-state index contributed by atoms with van der Waals surface area (Å²) in [5.41, 5.74) is 0. The van der Waals surface area contributed by atoms with E-state index < -0.39 is 12.3 Å². The van der Waals surface area contributed by atoms with Crippen LogP contribution < -0.4 is 0 Å². The van der Waals surface area contributed by atoms with Crippen LogP contribution in [0.15, 0.2) is 24.3 Å². The molecule has 0 aliphatic heterocycles. The molecule has 0 amide bonds. The smallest absolute Gasteiger partial charge is 0.384 e. The number of allylic oxidation sites excluding steroid dienone is 4. The van der Waals surface area contributed by atoms with Crippen LogP contribution in [0.5, 0.6) is 0 Å². The molecule has 0 aliphatic carbocycles. The van der Waals surface area contributed by atoms with Crippen LogP contribution in [-0.4, -0.2) is 17.4 Å². The Morgan fingerprint density at radius 1 is 0.654 bits per heavy atom. The fraction of sp³-hybridized carbons (Fsp3) is 0.818. The summed E-state index contributed by atoms with van der Waals surface area (Å²) >= 11 is 0. The van der Waals surface area contributed by atoms with E-state index in [0.29, 0.717) is 6.42 Å². The first-order valence-electron chi connectivity index (χ1n) is 10.5. The second-order valence-corrected chi connectivity index (χ2v) is 7.10. The van der Waals surface area contributed by atoms with Gasteiger partial charge < -0.3 is 5.11 Å². The van der Waals surface area contributed by atoms with Gasteiger partial charge in [0.25, 0.3) is 0 Å². The molecular weight excluding hydrogens is 337 g/mol. The van der Waals surface area contributed by atoms with E-state index in [-0.39, 0.29) is 6.42 Å². The Kier molecular flexibility index (Phi) is 17.1. The van der Waals surface area contributed by atoms with Gasteiger partial charge in [0, 0.05) is 0 Å². The van der Waals surface area contributed by atoms with Crippen molar-refractivity contribution in [3.05, 3.63) is 24.3 Å². The van der Waals surface area contributed by atoms with Gasteiger partial charge in [-0.15, -0.1) is 0 Å². The molecule has 0 rings (SSSR count). The van der Waals surface area contributed by atoms with Crippen LogP contribution >= 0.6 is 0 Å². The molecule has 26 heavy (non-hydrogen) atoms. The number of alkyl halides is 3. The highest BCUT2D eigenvalue weighted by Gasteiger charge is 2.37. The van der Waals surface area contributed by atoms with Crippen molar-refractivity contribution in [3.8, 4) is 0 Å². The summed E-state index contributed by atoms with van der Waals surface area (Å²) in [5.74, 6) is 0. The zero-order valence-corrected chi connectivity index (χ0v) is 16.6. The lowest BCUT2D eigenvalue weighted by Gasteiger charge is -2.13. The quantitative estimate of drug-likeness (QED) is 0.202. The first kappa shape index (κ1) is 25.2. The molecule has 0 aromatic carbocycles. The normalized spacial score (nSPS) is 13.9. The van der Waals surface area contributed by atoms with E-state index in [2.05, 4.69) is 31.2 Å². The Morgan fingerprint density at radius 2 is 1.04 bits per heavy atom. The van der Waals surface area contributed by atoms with E-state index in [1.54, 1.807) is 0 Å². The lowest BCUT2D eigenvalue weighted by Crippen LogP contribution is -2.28. The van der Waals surface area contributed by atoms with Crippen LogP contribution in [0.25, 0.3) is 0 Å². The van der Waals surface area contributed by atoms with Crippen molar-refractivity contribution in [2.75, 3.05) is 0 Å². The van der Waals surface area contributed by atoms with Gasteiger partial charge >= 0.3 is 6.18 Å². The van der Waals surface area contributed by atoms with Gasteiger partial charge in [0.1, 0.15) is 6.10 Å². The van der Waals surface area contributed by atoms with Gasteiger partial charge in [-0.3, -0.25) is 0 Å². The minimum atomic E-state index is -4.46. The number of rotatable bonds is 17. The average molecular weight is 377 g/mol. The highest BCUT2D eigenvalue weighted by molar-refractivity contribution is 4.83. The van der Waals surface area contributed by atoms with Crippen LogP contribution in [0.2, 0.25) is 0 Å². The maximum absolute atomic E-state index is 12.1. The predicted molar refractivity (Wildman–Crippen MR) is 105 cm³/mol. The third-order valence-corrected chi connectivity index (χ3v) is 4.54. The average Bonchev–Trinajstić information content (AvgIpc) is 2.59. The summed E-state index contributed by atoms with van der Waals surface area (Å²) < 4.78 is 36.3. The van der Waals surface area contributed by atoms with Crippen LogP contribution in [0.4, 0.5) is 13.2 Å². The van der Waals surface area contributed by atoms with E-state index in [1.165, 1.54) is 44.9 Å². The molecule has 1 unspecified atom stereocenters. The van der Waals surface area contributed by atoms with Crippen molar-refractivity contribution in [1.82, 2.24) is 0 Å². The van der Waals surface area contributed by atoms with Gasteiger partial charge in [0.05, 0.1) is 0 Å². The maximum Gasteiger partial charge on any atom is 0.414 e. The highest BCUT2D eigenvalue weighted by atomic mass is 19.4. The first-order valence-corrected chi connectivity index (χ1v) is 10.5. The summed E-state index contributed by atoms with van der Waals surface area (Å²) in [6.45, 7) is 2.16. The largest absolute Gasteiger partial charge is 0.414 e. The minimum Gasteiger partial charge on any atom is -0.384 e. The number of aliphatic hydroxyl groups excluding tert-OH is 1. The van der Waals surface area contributed by atoms with Gasteiger partial charge in [-0.1, -0.05) is 76.2 Å². The molecule has 0 saturated heterocycles. The molecule has 0 bridgehead atoms. The van der Waals surface area contributed by atoms with Crippen LogP contribution in [-0.2, 0) is 0 Å². The molecule has 0 spiro atoms. The number of hydrogen-bond acceptors (Lipinski definition) is 1. The van der Waals surface area contributed by atoms with E-state index in [1.807, 2.05) is 0 Å². The minimum absolute atomic E-state index is 0.161. The van der Waals surface area contributed by atoms with Gasteiger partial charge in [-0.2, -0.15) is 13.2 Å². The Morgan fingerprint density at radius 3 is 1.50 bits per heavy atom. The third-order valence-electron chi connectivity index (χ3n) is 4.54. The SMILES string of the molecule is CC/C=C\CCCC/C=C\CCCCCCCCCCC(O)C(F)(F)F. The summed E-state index contributed by atoms with van der Waals surface area (Å²) in [6, 6.07) is 0. The number of hydrogen-bond donors (Lipinski definition) is 1. The monoisotopic (exact) mass is 376 g/mol. The van der Waals surface area contributed by atoms with Gasteiger partial charge in [-0.05, 0) is 51.4 Å². The molecule has 0 heterocycles. The molecule has 1 atom stereocenters. The summed E-state index contributed by atoms with van der Waals surface area (Å²) in [5, 5.41) is 8.89. The fourth-order valence-electron chi connectivity index (χ4n) is 2.87. The van der Waals surface area contributed by atoms with Crippen molar-refractivity contribution < 1.29 is 18.3 Å². The van der Waals surface area contributed by atoms with Gasteiger partial charge in [0.2, 0.25) is 0 Å². The van der Waals surface area contributed by atoms with Crippen LogP contribution in [0.1, 0.15) is 103 Å². The highest BCUT2D eigenvalue weighted by Crippen LogP contribution is 2.24. The Balaban J connectivity index is 3.22. The van der Waals surface area contributed by atoms with Crippen molar-refractivity contribution in [1.29, 1.82) is 0 Å². The first-order chi connectivity index (χ1) is 12.5. The molecule has 0 fully saturated rings. The third kappa shape index (κ3) is 18.0. The zero-order chi connectivity index (χ0) is 19.5. The predicted octanol–water partition coefficient (Wildman–Crippen LogP) is 7.89. The van der Waals surface area contributed by atoms with E-state index in [0.717, 1.165) is 38.5 Å². The molecular formula is C22H39F3O. The number of aliphatic hydroxyl groups is 1. The van der Waals surface area contributed by atoms with Crippen molar-refractivity contribution in [2.24, 2.45) is 0 Å². The van der Waals surface area contributed by atoms with Crippen LogP contribution in [0.3, 0.4) is 0 Å². The lowest BCUT2D eigenvalue weighted by molar-refractivity contribution is -0.205. The molecule has 0 aromatic heterocycles. The van der Waals surface area contributed by atoms with Crippen molar-refractivity contribution in [2.45, 2.75) is 116 Å². The Labute approximate surface area is 158 Å². The fourth-order valence-corrected chi connectivity index (χ4v) is 2.87. The standard InChI is InChI=1S/C22H39F3O/c1-2-3-4-5-6-7-8-9-10-11-12-13-14-15-16-17-18-19-20-21(26)22(23,24)25/h3-4,9-10,21,26H,2,5-8,11-20H2,1H3/b4-3-,10-9-. The molecule has 154 valence electrons. The molecule has 0 aromatic rings.